The number of H-pyrrole nitrogens is 1. The summed E-state index contributed by atoms with van der Waals surface area (Å²) < 4.78 is 0. The van der Waals surface area contributed by atoms with E-state index in [2.05, 4.69) is 26.0 Å². The van der Waals surface area contributed by atoms with Crippen LogP contribution >= 0.6 is 11.8 Å². The Morgan fingerprint density at radius 3 is 2.65 bits per heavy atom. The van der Waals surface area contributed by atoms with Crippen LogP contribution in [0, 0.1) is 0 Å². The molecule has 2 aromatic rings. The van der Waals surface area contributed by atoms with E-state index in [0.29, 0.717) is 10.7 Å². The Kier molecular flexibility index (Phi) is 4.56. The number of rotatable bonds is 4. The molecule has 0 fully saturated rings. The molecule has 20 heavy (non-hydrogen) atoms. The first kappa shape index (κ1) is 13.9. The van der Waals surface area contributed by atoms with Gasteiger partial charge in [0.2, 0.25) is 17.0 Å². The fourth-order valence-electron chi connectivity index (χ4n) is 1.28. The van der Waals surface area contributed by atoms with Crippen molar-refractivity contribution in [1.29, 1.82) is 0 Å². The number of amides is 2. The van der Waals surface area contributed by atoms with E-state index < -0.39 is 0 Å². The molecule has 104 valence electrons. The third kappa shape index (κ3) is 3.99. The molecule has 0 bridgehead atoms. The Morgan fingerprint density at radius 2 is 2.00 bits per heavy atom. The molecular formula is C11H12N6O2S. The molecule has 0 spiro atoms. The molecule has 2 rings (SSSR count). The zero-order chi connectivity index (χ0) is 14.4. The standard InChI is InChI=1S/C11H12N6O2S/c12-10-13-11(17-16-10)20-6-8(18)14-15-9(19)7-4-2-1-3-5-7/h1-5H,6H2,(H,14,18)(H,15,19)(H3,12,13,16,17). The van der Waals surface area contributed by atoms with Crippen LogP contribution in [0.5, 0.6) is 0 Å². The van der Waals surface area contributed by atoms with Crippen molar-refractivity contribution >= 4 is 29.5 Å². The number of nitrogen functional groups attached to an aromatic ring is 1. The summed E-state index contributed by atoms with van der Waals surface area (Å²) in [7, 11) is 0. The number of nitrogens with two attached hydrogens (primary N) is 1. The molecule has 0 saturated carbocycles. The van der Waals surface area contributed by atoms with Crippen LogP contribution < -0.4 is 16.6 Å². The van der Waals surface area contributed by atoms with E-state index >= 15 is 0 Å². The fraction of sp³-hybridized carbons (Fsp3) is 0.0909. The molecule has 0 aliphatic rings. The van der Waals surface area contributed by atoms with Crippen LogP contribution in [0.2, 0.25) is 0 Å². The lowest BCUT2D eigenvalue weighted by Crippen LogP contribution is -2.42. The van der Waals surface area contributed by atoms with Gasteiger partial charge >= 0.3 is 0 Å². The number of benzene rings is 1. The van der Waals surface area contributed by atoms with Crippen LogP contribution in [0.15, 0.2) is 35.5 Å². The van der Waals surface area contributed by atoms with E-state index in [0.717, 1.165) is 11.8 Å². The zero-order valence-corrected chi connectivity index (χ0v) is 11.1. The van der Waals surface area contributed by atoms with Gasteiger partial charge in [-0.05, 0) is 12.1 Å². The lowest BCUT2D eigenvalue weighted by molar-refractivity contribution is -0.119. The Morgan fingerprint density at radius 1 is 1.25 bits per heavy atom. The molecule has 1 heterocycles. The van der Waals surface area contributed by atoms with Gasteiger partial charge in [0.1, 0.15) is 0 Å². The average Bonchev–Trinajstić information content (AvgIpc) is 2.89. The van der Waals surface area contributed by atoms with E-state index in [9.17, 15) is 9.59 Å². The minimum atomic E-state index is -0.383. The normalized spacial score (nSPS) is 10.0. The summed E-state index contributed by atoms with van der Waals surface area (Å²) in [5.74, 6) is -0.508. The Balaban J connectivity index is 1.74. The molecule has 9 heteroatoms. The lowest BCUT2D eigenvalue weighted by atomic mass is 10.2. The molecule has 1 aromatic heterocycles. The number of thioether (sulfide) groups is 1. The van der Waals surface area contributed by atoms with Gasteiger partial charge in [-0.2, -0.15) is 4.98 Å². The first-order valence-electron chi connectivity index (χ1n) is 5.60. The summed E-state index contributed by atoms with van der Waals surface area (Å²) in [6.07, 6.45) is 0. The van der Waals surface area contributed by atoms with E-state index in [4.69, 9.17) is 5.73 Å². The number of nitrogens with zero attached hydrogens (tertiary/aromatic N) is 2. The quantitative estimate of drug-likeness (QED) is 0.462. The highest BCUT2D eigenvalue weighted by Crippen LogP contribution is 2.11. The van der Waals surface area contributed by atoms with Gasteiger partial charge in [-0.25, -0.2) is 5.10 Å². The SMILES string of the molecule is Nc1nc(SCC(=O)NNC(=O)c2ccccc2)n[nH]1. The molecule has 5 N–H and O–H groups in total. The van der Waals surface area contributed by atoms with Gasteiger partial charge < -0.3 is 5.73 Å². The van der Waals surface area contributed by atoms with E-state index in [1.165, 1.54) is 0 Å². The van der Waals surface area contributed by atoms with Crippen LogP contribution in [0.25, 0.3) is 0 Å². The number of hydrogen-bond acceptors (Lipinski definition) is 6. The van der Waals surface area contributed by atoms with Gasteiger partial charge in [-0.15, -0.1) is 5.10 Å². The molecule has 0 atom stereocenters. The second-order valence-electron chi connectivity index (χ2n) is 3.66. The molecule has 1 aromatic carbocycles. The van der Waals surface area contributed by atoms with Gasteiger partial charge in [0.15, 0.2) is 0 Å². The topological polar surface area (TPSA) is 126 Å². The highest BCUT2D eigenvalue weighted by molar-refractivity contribution is 7.99. The summed E-state index contributed by atoms with van der Waals surface area (Å²) in [6.45, 7) is 0. The molecule has 0 radical (unpaired) electrons. The minimum Gasteiger partial charge on any atom is -0.368 e. The third-order valence-corrected chi connectivity index (χ3v) is 3.01. The first-order valence-corrected chi connectivity index (χ1v) is 6.58. The van der Waals surface area contributed by atoms with Crippen LogP contribution in [-0.4, -0.2) is 32.7 Å². The summed E-state index contributed by atoms with van der Waals surface area (Å²) in [4.78, 5) is 27.0. The molecule has 2 amide bonds. The first-order chi connectivity index (χ1) is 9.65. The van der Waals surface area contributed by atoms with Gasteiger partial charge in [0.25, 0.3) is 5.91 Å². The maximum Gasteiger partial charge on any atom is 0.269 e. The molecule has 0 aliphatic heterocycles. The molecular weight excluding hydrogens is 280 g/mol. The van der Waals surface area contributed by atoms with Gasteiger partial charge in [-0.3, -0.25) is 20.4 Å². The Hall–Kier alpha value is -2.55. The fourth-order valence-corrected chi connectivity index (χ4v) is 1.88. The van der Waals surface area contributed by atoms with Gasteiger partial charge in [-0.1, -0.05) is 30.0 Å². The number of carbonyl (C=O) groups is 2. The Bertz CT molecular complexity index is 600. The van der Waals surface area contributed by atoms with Crippen LogP contribution in [0.1, 0.15) is 10.4 Å². The largest absolute Gasteiger partial charge is 0.368 e. The van der Waals surface area contributed by atoms with Crippen molar-refractivity contribution in [1.82, 2.24) is 26.0 Å². The number of hydrogen-bond donors (Lipinski definition) is 4. The highest BCUT2D eigenvalue weighted by atomic mass is 32.2. The monoisotopic (exact) mass is 292 g/mol. The predicted octanol–water partition coefficient (Wildman–Crippen LogP) is -0.0598. The number of nitrogens with one attached hydrogen (secondary N) is 3. The summed E-state index contributed by atoms with van der Waals surface area (Å²) in [6, 6.07) is 8.56. The van der Waals surface area contributed by atoms with Crippen molar-refractivity contribution in [3.05, 3.63) is 35.9 Å². The maximum atomic E-state index is 11.6. The van der Waals surface area contributed by atoms with Crippen molar-refractivity contribution in [3.63, 3.8) is 0 Å². The van der Waals surface area contributed by atoms with Gasteiger partial charge in [0.05, 0.1) is 5.75 Å². The Labute approximate surface area is 118 Å². The van der Waals surface area contributed by atoms with Crippen molar-refractivity contribution in [2.45, 2.75) is 5.16 Å². The summed E-state index contributed by atoms with van der Waals surface area (Å²) in [5.41, 5.74) is 10.4. The van der Waals surface area contributed by atoms with Crippen LogP contribution in [0.3, 0.4) is 0 Å². The van der Waals surface area contributed by atoms with Crippen molar-refractivity contribution in [2.75, 3.05) is 11.5 Å². The number of aromatic nitrogens is 3. The lowest BCUT2D eigenvalue weighted by Gasteiger charge is -2.06. The zero-order valence-electron chi connectivity index (χ0n) is 10.3. The van der Waals surface area contributed by atoms with E-state index in [1.807, 2.05) is 0 Å². The molecule has 0 saturated heterocycles. The van der Waals surface area contributed by atoms with E-state index in [-0.39, 0.29) is 23.5 Å². The summed E-state index contributed by atoms with van der Waals surface area (Å²) >= 11 is 1.10. The van der Waals surface area contributed by atoms with Crippen molar-refractivity contribution < 1.29 is 9.59 Å². The van der Waals surface area contributed by atoms with Crippen molar-refractivity contribution in [3.8, 4) is 0 Å². The maximum absolute atomic E-state index is 11.6. The number of aromatic amines is 1. The number of hydrazine groups is 1. The minimum absolute atomic E-state index is 0.0619. The third-order valence-electron chi connectivity index (χ3n) is 2.17. The average molecular weight is 292 g/mol. The highest BCUT2D eigenvalue weighted by Gasteiger charge is 2.08. The summed E-state index contributed by atoms with van der Waals surface area (Å²) in [5, 5.41) is 6.59. The number of carbonyl (C=O) groups excluding carboxylic acids is 2. The molecule has 0 unspecified atom stereocenters. The molecule has 8 nitrogen and oxygen atoms in total. The second-order valence-corrected chi connectivity index (χ2v) is 4.60. The smallest absolute Gasteiger partial charge is 0.269 e. The molecule has 0 aliphatic carbocycles. The van der Waals surface area contributed by atoms with Gasteiger partial charge in [0, 0.05) is 5.56 Å². The van der Waals surface area contributed by atoms with Crippen molar-refractivity contribution in [2.24, 2.45) is 0 Å². The second kappa shape index (κ2) is 6.57. The van der Waals surface area contributed by atoms with E-state index in [1.54, 1.807) is 30.3 Å². The predicted molar refractivity (Wildman–Crippen MR) is 73.6 cm³/mol. The van der Waals surface area contributed by atoms with Crippen LogP contribution in [0.4, 0.5) is 5.95 Å². The number of anilines is 1. The van der Waals surface area contributed by atoms with Crippen LogP contribution in [-0.2, 0) is 4.79 Å².